The second-order valence-electron chi connectivity index (χ2n) is 7.59. The zero-order valence-electron chi connectivity index (χ0n) is 17.7. The van der Waals surface area contributed by atoms with Gasteiger partial charge in [-0.15, -0.1) is 0 Å². The molecule has 0 fully saturated rings. The van der Waals surface area contributed by atoms with Gasteiger partial charge in [0.25, 0.3) is 10.1 Å². The SMILES string of the molecule is CC(CC(C(=O)[O-])C(CC(C)c1ccccc1)(C(=O)[O-])S(=O)(=O)O)c1ccccc1.[Na+]. The molecule has 0 saturated heterocycles. The number of carboxylic acids is 2. The van der Waals surface area contributed by atoms with Crippen LogP contribution in [0.2, 0.25) is 0 Å². The fraction of sp³-hybridized carbons (Fsp3) is 0.364. The summed E-state index contributed by atoms with van der Waals surface area (Å²) in [6.07, 6.45) is -1.06. The van der Waals surface area contributed by atoms with Crippen molar-refractivity contribution in [3.63, 3.8) is 0 Å². The summed E-state index contributed by atoms with van der Waals surface area (Å²) in [6.45, 7) is 3.21. The topological polar surface area (TPSA) is 135 Å². The van der Waals surface area contributed by atoms with Gasteiger partial charge >= 0.3 is 29.6 Å². The average molecular weight is 455 g/mol. The number of hydrogen-bond acceptors (Lipinski definition) is 6. The van der Waals surface area contributed by atoms with Gasteiger partial charge < -0.3 is 19.8 Å². The van der Waals surface area contributed by atoms with E-state index in [-0.39, 0.29) is 36.0 Å². The third-order valence-electron chi connectivity index (χ3n) is 5.59. The van der Waals surface area contributed by atoms with Crippen LogP contribution in [0.15, 0.2) is 60.7 Å². The molecule has 4 unspecified atom stereocenters. The molecule has 31 heavy (non-hydrogen) atoms. The van der Waals surface area contributed by atoms with E-state index in [4.69, 9.17) is 0 Å². The molecular weight excluding hydrogens is 431 g/mol. The van der Waals surface area contributed by atoms with E-state index >= 15 is 0 Å². The molecule has 0 amide bonds. The summed E-state index contributed by atoms with van der Waals surface area (Å²) in [5.74, 6) is -7.28. The smallest absolute Gasteiger partial charge is 0.550 e. The normalized spacial score (nSPS) is 16.2. The Kier molecular flexibility index (Phi) is 9.91. The van der Waals surface area contributed by atoms with Crippen LogP contribution in [-0.2, 0) is 19.7 Å². The maximum absolute atomic E-state index is 12.4. The maximum Gasteiger partial charge on any atom is 1.00 e. The van der Waals surface area contributed by atoms with Crippen LogP contribution in [0.5, 0.6) is 0 Å². The van der Waals surface area contributed by atoms with Crippen molar-refractivity contribution in [1.82, 2.24) is 0 Å². The molecule has 0 spiro atoms. The van der Waals surface area contributed by atoms with Gasteiger partial charge in [-0.1, -0.05) is 74.5 Å². The quantitative estimate of drug-likeness (QED) is 0.327. The third kappa shape index (κ3) is 6.17. The molecule has 0 aliphatic heterocycles. The number of rotatable bonds is 10. The first-order valence-electron chi connectivity index (χ1n) is 9.50. The first-order chi connectivity index (χ1) is 14.0. The van der Waals surface area contributed by atoms with Crippen molar-refractivity contribution in [3.05, 3.63) is 71.8 Å². The van der Waals surface area contributed by atoms with Gasteiger partial charge in [-0.05, 0) is 35.8 Å². The standard InChI is InChI=1S/C22H26O7S.Na/c1-15(17-9-5-3-6-10-17)13-19(20(23)24)22(21(25)26,30(27,28)29)14-16(2)18-11-7-4-8-12-18;/h3-12,15-16,19H,13-14H2,1-2H3,(H,23,24)(H,25,26)(H,27,28,29);/q;+1/p-2. The molecular formula is C22H24NaO7S-. The third-order valence-corrected chi connectivity index (χ3v) is 7.13. The van der Waals surface area contributed by atoms with E-state index in [1.54, 1.807) is 74.5 Å². The van der Waals surface area contributed by atoms with Gasteiger partial charge in [-0.2, -0.15) is 8.42 Å². The van der Waals surface area contributed by atoms with Crippen molar-refractivity contribution in [3.8, 4) is 0 Å². The van der Waals surface area contributed by atoms with E-state index in [0.717, 1.165) is 0 Å². The first-order valence-corrected chi connectivity index (χ1v) is 10.9. The number of carbonyl (C=O) groups is 2. The molecule has 0 radical (unpaired) electrons. The molecule has 7 nitrogen and oxygen atoms in total. The van der Waals surface area contributed by atoms with Crippen molar-refractivity contribution in [2.75, 3.05) is 0 Å². The largest absolute Gasteiger partial charge is 1.00 e. The number of aliphatic carboxylic acids is 2. The van der Waals surface area contributed by atoms with E-state index in [1.165, 1.54) is 0 Å². The number of benzene rings is 2. The molecule has 0 bridgehead atoms. The second-order valence-corrected chi connectivity index (χ2v) is 9.27. The van der Waals surface area contributed by atoms with Crippen LogP contribution in [0.3, 0.4) is 0 Å². The van der Waals surface area contributed by atoms with Crippen LogP contribution in [-0.4, -0.2) is 29.7 Å². The van der Waals surface area contributed by atoms with Crippen LogP contribution in [0, 0.1) is 5.92 Å². The fourth-order valence-electron chi connectivity index (χ4n) is 3.86. The molecule has 1 N–H and O–H groups in total. The van der Waals surface area contributed by atoms with Gasteiger partial charge in [0.15, 0.2) is 0 Å². The summed E-state index contributed by atoms with van der Waals surface area (Å²) in [6, 6.07) is 17.1. The Balaban J connectivity index is 0.00000480. The molecule has 0 aliphatic rings. The molecule has 2 aromatic carbocycles. The van der Waals surface area contributed by atoms with E-state index in [0.29, 0.717) is 11.1 Å². The molecule has 0 heterocycles. The summed E-state index contributed by atoms with van der Waals surface area (Å²) < 4.78 is 31.6. The fourth-order valence-corrected chi connectivity index (χ4v) is 5.08. The van der Waals surface area contributed by atoms with Crippen LogP contribution < -0.4 is 39.8 Å². The predicted octanol–water partition coefficient (Wildman–Crippen LogP) is -1.88. The zero-order chi connectivity index (χ0) is 22.5. The minimum atomic E-state index is -5.38. The summed E-state index contributed by atoms with van der Waals surface area (Å²) in [5, 5.41) is 24.2. The summed E-state index contributed by atoms with van der Waals surface area (Å²) >= 11 is 0. The number of carbonyl (C=O) groups excluding carboxylic acids is 2. The van der Waals surface area contributed by atoms with Crippen molar-refractivity contribution in [2.45, 2.75) is 43.3 Å². The molecule has 9 heteroatoms. The molecule has 0 saturated carbocycles. The number of hydrogen-bond donors (Lipinski definition) is 1. The zero-order valence-corrected chi connectivity index (χ0v) is 20.5. The van der Waals surface area contributed by atoms with Crippen molar-refractivity contribution >= 4 is 22.1 Å². The summed E-state index contributed by atoms with van der Waals surface area (Å²) in [4.78, 5) is 24.2. The predicted molar refractivity (Wildman–Crippen MR) is 107 cm³/mol. The van der Waals surface area contributed by atoms with Crippen molar-refractivity contribution in [1.29, 1.82) is 0 Å². The van der Waals surface area contributed by atoms with Gasteiger partial charge in [0.05, 0.1) is 5.97 Å². The monoisotopic (exact) mass is 455 g/mol. The van der Waals surface area contributed by atoms with E-state index in [2.05, 4.69) is 0 Å². The Hall–Kier alpha value is -1.71. The molecule has 2 aromatic rings. The number of carboxylic acid groups (broad SMARTS) is 2. The van der Waals surface area contributed by atoms with Crippen molar-refractivity contribution < 1.29 is 62.3 Å². The molecule has 0 aliphatic carbocycles. The van der Waals surface area contributed by atoms with Gasteiger partial charge in [-0.3, -0.25) is 4.55 Å². The molecule has 0 aromatic heterocycles. The Morgan fingerprint density at radius 2 is 1.32 bits per heavy atom. The van der Waals surface area contributed by atoms with Crippen LogP contribution in [0.25, 0.3) is 0 Å². The minimum absolute atomic E-state index is 0. The van der Waals surface area contributed by atoms with Crippen molar-refractivity contribution in [2.24, 2.45) is 5.92 Å². The van der Waals surface area contributed by atoms with Crippen LogP contribution in [0.1, 0.15) is 49.7 Å². The minimum Gasteiger partial charge on any atom is -0.550 e. The van der Waals surface area contributed by atoms with E-state index in [9.17, 15) is 32.8 Å². The second kappa shape index (κ2) is 11.2. The Morgan fingerprint density at radius 3 is 1.68 bits per heavy atom. The Labute approximate surface area is 204 Å². The van der Waals surface area contributed by atoms with Gasteiger partial charge in [0, 0.05) is 11.9 Å². The Bertz CT molecular complexity index is 979. The van der Waals surface area contributed by atoms with E-state index < -0.39 is 51.0 Å². The molecule has 162 valence electrons. The summed E-state index contributed by atoms with van der Waals surface area (Å²) in [5.41, 5.74) is 1.29. The molecule has 4 atom stereocenters. The average Bonchev–Trinajstić information content (AvgIpc) is 2.70. The van der Waals surface area contributed by atoms with Gasteiger partial charge in [0.2, 0.25) is 0 Å². The molecule has 2 rings (SSSR count). The van der Waals surface area contributed by atoms with E-state index in [1.807, 2.05) is 0 Å². The maximum atomic E-state index is 12.4. The summed E-state index contributed by atoms with van der Waals surface area (Å²) in [7, 11) is -5.38. The van der Waals surface area contributed by atoms with Crippen LogP contribution in [0.4, 0.5) is 0 Å². The Morgan fingerprint density at radius 1 is 0.903 bits per heavy atom. The first kappa shape index (κ1) is 27.3. The van der Waals surface area contributed by atoms with Gasteiger partial charge in [-0.25, -0.2) is 0 Å². The van der Waals surface area contributed by atoms with Crippen LogP contribution >= 0.6 is 0 Å². The van der Waals surface area contributed by atoms with Gasteiger partial charge in [0.1, 0.15) is 4.75 Å².